The fourth-order valence-corrected chi connectivity index (χ4v) is 4.31. The summed E-state index contributed by atoms with van der Waals surface area (Å²) in [4.78, 5) is 21.9. The molecule has 1 amide bonds. The van der Waals surface area contributed by atoms with E-state index in [1.54, 1.807) is 6.07 Å². The van der Waals surface area contributed by atoms with Gasteiger partial charge in [-0.05, 0) is 59.1 Å². The van der Waals surface area contributed by atoms with Gasteiger partial charge in [0.1, 0.15) is 11.4 Å². The molecule has 6 nitrogen and oxygen atoms in total. The van der Waals surface area contributed by atoms with Gasteiger partial charge in [-0.1, -0.05) is 12.8 Å². The lowest BCUT2D eigenvalue weighted by Crippen LogP contribution is -2.60. The summed E-state index contributed by atoms with van der Waals surface area (Å²) in [5.74, 6) is 6.91. The van der Waals surface area contributed by atoms with Gasteiger partial charge in [0.25, 0.3) is 5.91 Å². The first-order valence-corrected chi connectivity index (χ1v) is 11.1. The van der Waals surface area contributed by atoms with Crippen LogP contribution in [-0.4, -0.2) is 71.2 Å². The first-order valence-electron chi connectivity index (χ1n) is 11.1. The lowest BCUT2D eigenvalue weighted by atomic mass is 9.88. The van der Waals surface area contributed by atoms with Crippen LogP contribution in [0.1, 0.15) is 63.1 Å². The molecule has 2 aliphatic heterocycles. The molecule has 0 aromatic carbocycles. The molecule has 1 unspecified atom stereocenters. The number of piperidine rings is 1. The smallest absolute Gasteiger partial charge is 0.272 e. The topological polar surface area (TPSA) is 54.9 Å². The minimum atomic E-state index is -0.177. The van der Waals surface area contributed by atoms with Gasteiger partial charge in [-0.3, -0.25) is 9.69 Å². The number of hydrogen-bond acceptors (Lipinski definition) is 5. The Hall–Kier alpha value is -2.10. The zero-order valence-electron chi connectivity index (χ0n) is 19.0. The lowest BCUT2D eigenvalue weighted by Gasteiger charge is -2.49. The van der Waals surface area contributed by atoms with Gasteiger partial charge in [-0.2, -0.15) is 0 Å². The molecule has 30 heavy (non-hydrogen) atoms. The highest BCUT2D eigenvalue weighted by Crippen LogP contribution is 2.33. The molecule has 0 radical (unpaired) electrons. The van der Waals surface area contributed by atoms with Crippen molar-refractivity contribution in [3.8, 4) is 17.6 Å². The maximum Gasteiger partial charge on any atom is 0.272 e. The SMILES string of the molecule is CC#CCN1CC(CC)OC2(CCN(C(=O)c3ccc(OC(C)C)c(C)n3)CC2)C1. The van der Waals surface area contributed by atoms with Crippen LogP contribution in [0.15, 0.2) is 12.1 Å². The van der Waals surface area contributed by atoms with Crippen LogP contribution in [0.5, 0.6) is 5.75 Å². The summed E-state index contributed by atoms with van der Waals surface area (Å²) in [6.45, 7) is 13.9. The van der Waals surface area contributed by atoms with E-state index in [0.29, 0.717) is 18.8 Å². The highest BCUT2D eigenvalue weighted by Gasteiger charge is 2.43. The van der Waals surface area contributed by atoms with Crippen molar-refractivity contribution in [2.75, 3.05) is 32.7 Å². The normalized spacial score (nSPS) is 21.4. The minimum absolute atomic E-state index is 0.0133. The van der Waals surface area contributed by atoms with E-state index in [1.165, 1.54) is 0 Å². The third-order valence-electron chi connectivity index (χ3n) is 5.91. The lowest BCUT2D eigenvalue weighted by molar-refractivity contribution is -0.171. The number of nitrogens with zero attached hydrogens (tertiary/aromatic N) is 3. The van der Waals surface area contributed by atoms with Gasteiger partial charge in [0.2, 0.25) is 0 Å². The van der Waals surface area contributed by atoms with Gasteiger partial charge < -0.3 is 14.4 Å². The van der Waals surface area contributed by atoms with Crippen LogP contribution < -0.4 is 4.74 Å². The third-order valence-corrected chi connectivity index (χ3v) is 5.91. The average Bonchev–Trinajstić information content (AvgIpc) is 2.73. The number of carbonyl (C=O) groups excluding carboxylic acids is 1. The maximum atomic E-state index is 13.0. The fourth-order valence-electron chi connectivity index (χ4n) is 4.31. The number of aromatic nitrogens is 1. The Bertz CT molecular complexity index is 804. The average molecular weight is 414 g/mol. The van der Waals surface area contributed by atoms with E-state index in [9.17, 15) is 4.79 Å². The van der Waals surface area contributed by atoms with Crippen molar-refractivity contribution < 1.29 is 14.3 Å². The zero-order chi connectivity index (χ0) is 21.7. The number of carbonyl (C=O) groups is 1. The van der Waals surface area contributed by atoms with E-state index in [4.69, 9.17) is 9.47 Å². The van der Waals surface area contributed by atoms with Crippen LogP contribution in [-0.2, 0) is 4.74 Å². The quantitative estimate of drug-likeness (QED) is 0.694. The van der Waals surface area contributed by atoms with E-state index in [2.05, 4.69) is 28.6 Å². The summed E-state index contributed by atoms with van der Waals surface area (Å²) < 4.78 is 12.3. The molecule has 6 heteroatoms. The molecular formula is C24H35N3O3. The van der Waals surface area contributed by atoms with Gasteiger partial charge >= 0.3 is 0 Å². The summed E-state index contributed by atoms with van der Waals surface area (Å²) in [7, 11) is 0. The Balaban J connectivity index is 1.64. The number of morpholine rings is 1. The Kier molecular flexibility index (Phi) is 7.38. The molecule has 0 saturated carbocycles. The third kappa shape index (κ3) is 5.33. The molecule has 164 valence electrons. The molecule has 2 aliphatic rings. The Morgan fingerprint density at radius 1 is 1.37 bits per heavy atom. The molecule has 1 spiro atoms. The molecule has 1 atom stereocenters. The van der Waals surface area contributed by atoms with E-state index < -0.39 is 0 Å². The Morgan fingerprint density at radius 3 is 2.70 bits per heavy atom. The number of aryl methyl sites for hydroxylation is 1. The van der Waals surface area contributed by atoms with Crippen LogP contribution >= 0.6 is 0 Å². The molecule has 0 bridgehead atoms. The van der Waals surface area contributed by atoms with Crippen molar-refractivity contribution in [2.45, 2.75) is 71.7 Å². The summed E-state index contributed by atoms with van der Waals surface area (Å²) in [5, 5.41) is 0. The second kappa shape index (κ2) is 9.80. The largest absolute Gasteiger partial charge is 0.489 e. The van der Waals surface area contributed by atoms with Crippen LogP contribution in [0.2, 0.25) is 0 Å². The monoisotopic (exact) mass is 413 g/mol. The molecule has 0 N–H and O–H groups in total. The summed E-state index contributed by atoms with van der Waals surface area (Å²) in [6, 6.07) is 3.62. The van der Waals surface area contributed by atoms with Gasteiger partial charge in [0, 0.05) is 26.2 Å². The maximum absolute atomic E-state index is 13.0. The van der Waals surface area contributed by atoms with E-state index in [0.717, 1.165) is 50.3 Å². The van der Waals surface area contributed by atoms with Gasteiger partial charge in [-0.25, -0.2) is 4.98 Å². The minimum Gasteiger partial charge on any atom is -0.489 e. The van der Waals surface area contributed by atoms with Crippen molar-refractivity contribution in [3.05, 3.63) is 23.5 Å². The highest BCUT2D eigenvalue weighted by atomic mass is 16.5. The van der Waals surface area contributed by atoms with E-state index in [-0.39, 0.29) is 23.7 Å². The summed E-state index contributed by atoms with van der Waals surface area (Å²) in [5.41, 5.74) is 1.05. The molecule has 3 heterocycles. The molecule has 2 saturated heterocycles. The van der Waals surface area contributed by atoms with Crippen LogP contribution in [0.25, 0.3) is 0 Å². The second-order valence-electron chi connectivity index (χ2n) is 8.67. The first-order chi connectivity index (χ1) is 14.4. The predicted molar refractivity (Wildman–Crippen MR) is 118 cm³/mol. The van der Waals surface area contributed by atoms with Gasteiger partial charge in [-0.15, -0.1) is 5.92 Å². The zero-order valence-corrected chi connectivity index (χ0v) is 19.0. The number of ether oxygens (including phenoxy) is 2. The van der Waals surface area contributed by atoms with Crippen molar-refractivity contribution in [1.29, 1.82) is 0 Å². The van der Waals surface area contributed by atoms with Gasteiger partial charge in [0.05, 0.1) is 30.0 Å². The molecule has 3 rings (SSSR count). The summed E-state index contributed by atoms with van der Waals surface area (Å²) in [6.07, 6.45) is 3.00. The fraction of sp³-hybridized carbons (Fsp3) is 0.667. The van der Waals surface area contributed by atoms with Crippen molar-refractivity contribution in [2.24, 2.45) is 0 Å². The standard InChI is InChI=1S/C24H35N3O3/c1-6-8-13-26-16-20(7-2)30-24(17-26)11-14-27(15-12-24)23(28)21-9-10-22(19(5)25-21)29-18(3)4/h9-10,18,20H,7,11-17H2,1-5H3. The number of likely N-dealkylation sites (tertiary alicyclic amines) is 1. The van der Waals surface area contributed by atoms with Crippen LogP contribution in [0, 0.1) is 18.8 Å². The molecular weight excluding hydrogens is 378 g/mol. The van der Waals surface area contributed by atoms with Gasteiger partial charge in [0.15, 0.2) is 0 Å². The van der Waals surface area contributed by atoms with Crippen molar-refractivity contribution in [1.82, 2.24) is 14.8 Å². The first kappa shape index (κ1) is 22.6. The van der Waals surface area contributed by atoms with Crippen LogP contribution in [0.4, 0.5) is 0 Å². The number of rotatable bonds is 5. The molecule has 1 aromatic rings. The summed E-state index contributed by atoms with van der Waals surface area (Å²) >= 11 is 0. The Morgan fingerprint density at radius 2 is 2.10 bits per heavy atom. The number of pyridine rings is 1. The predicted octanol–water partition coefficient (Wildman–Crippen LogP) is 3.29. The van der Waals surface area contributed by atoms with E-state index >= 15 is 0 Å². The molecule has 2 fully saturated rings. The highest BCUT2D eigenvalue weighted by molar-refractivity contribution is 5.92. The molecule has 1 aromatic heterocycles. The second-order valence-corrected chi connectivity index (χ2v) is 8.67. The van der Waals surface area contributed by atoms with Crippen molar-refractivity contribution >= 4 is 5.91 Å². The number of hydrogen-bond donors (Lipinski definition) is 0. The van der Waals surface area contributed by atoms with Crippen LogP contribution in [0.3, 0.4) is 0 Å². The molecule has 0 aliphatic carbocycles. The van der Waals surface area contributed by atoms with E-state index in [1.807, 2.05) is 38.7 Å². The van der Waals surface area contributed by atoms with Crippen molar-refractivity contribution in [3.63, 3.8) is 0 Å². The Labute approximate surface area is 180 Å². The number of amides is 1.